The average Bonchev–Trinajstić information content (AvgIpc) is 2.90. The molecule has 0 unspecified atom stereocenters. The molecule has 2 aromatic carbocycles. The van der Waals surface area contributed by atoms with Crippen LogP contribution in [0.2, 0.25) is 0 Å². The number of aryl methyl sites for hydroxylation is 1. The summed E-state index contributed by atoms with van der Waals surface area (Å²) in [7, 11) is 0. The van der Waals surface area contributed by atoms with E-state index in [1.165, 1.54) is 6.07 Å². The molecule has 102 valence electrons. The van der Waals surface area contributed by atoms with E-state index in [1.54, 1.807) is 25.1 Å². The molecule has 3 nitrogen and oxygen atoms in total. The number of amides is 1. The summed E-state index contributed by atoms with van der Waals surface area (Å²) < 4.78 is 13.2. The normalized spacial score (nSPS) is 12.7. The minimum Gasteiger partial charge on any atom is -0.384 e. The molecule has 1 heterocycles. The molecule has 0 aliphatic carbocycles. The van der Waals surface area contributed by atoms with Gasteiger partial charge in [0.25, 0.3) is 5.91 Å². The number of hydrogen-bond donors (Lipinski definition) is 2. The Labute approximate surface area is 116 Å². The maximum absolute atomic E-state index is 13.2. The van der Waals surface area contributed by atoms with Crippen LogP contribution < -0.4 is 10.6 Å². The Morgan fingerprint density at radius 1 is 1.25 bits per heavy atom. The third-order valence-electron chi connectivity index (χ3n) is 3.49. The first kappa shape index (κ1) is 12.7. The smallest absolute Gasteiger partial charge is 0.255 e. The quantitative estimate of drug-likeness (QED) is 0.878. The highest BCUT2D eigenvalue weighted by molar-refractivity contribution is 6.04. The van der Waals surface area contributed by atoms with Crippen molar-refractivity contribution in [2.75, 3.05) is 17.2 Å². The fourth-order valence-corrected chi connectivity index (χ4v) is 2.37. The molecule has 1 amide bonds. The maximum Gasteiger partial charge on any atom is 0.255 e. The molecule has 0 fully saturated rings. The molecule has 2 aromatic rings. The Morgan fingerprint density at radius 2 is 2.10 bits per heavy atom. The van der Waals surface area contributed by atoms with Gasteiger partial charge in [-0.2, -0.15) is 0 Å². The van der Waals surface area contributed by atoms with Gasteiger partial charge in [-0.15, -0.1) is 0 Å². The van der Waals surface area contributed by atoms with Crippen LogP contribution in [0.25, 0.3) is 0 Å². The van der Waals surface area contributed by atoms with Crippen LogP contribution in [0.5, 0.6) is 0 Å². The maximum atomic E-state index is 13.2. The Balaban J connectivity index is 1.80. The van der Waals surface area contributed by atoms with Crippen molar-refractivity contribution in [2.24, 2.45) is 0 Å². The van der Waals surface area contributed by atoms with Gasteiger partial charge < -0.3 is 10.6 Å². The fourth-order valence-electron chi connectivity index (χ4n) is 2.37. The molecule has 1 aliphatic heterocycles. The van der Waals surface area contributed by atoms with E-state index >= 15 is 0 Å². The predicted octanol–water partition coefficient (Wildman–Crippen LogP) is 3.35. The van der Waals surface area contributed by atoms with Gasteiger partial charge in [-0.3, -0.25) is 4.79 Å². The van der Waals surface area contributed by atoms with Crippen LogP contribution in [0, 0.1) is 12.7 Å². The number of carbonyl (C=O) groups excluding carboxylic acids is 1. The second-order valence-corrected chi connectivity index (χ2v) is 4.97. The van der Waals surface area contributed by atoms with Gasteiger partial charge in [-0.25, -0.2) is 4.39 Å². The van der Waals surface area contributed by atoms with Gasteiger partial charge in [-0.1, -0.05) is 0 Å². The zero-order valence-electron chi connectivity index (χ0n) is 11.2. The number of benzene rings is 2. The molecule has 20 heavy (non-hydrogen) atoms. The number of hydrogen-bond acceptors (Lipinski definition) is 2. The predicted molar refractivity (Wildman–Crippen MR) is 77.7 cm³/mol. The third kappa shape index (κ3) is 2.37. The molecule has 0 saturated carbocycles. The van der Waals surface area contributed by atoms with Crippen LogP contribution in [0.1, 0.15) is 21.5 Å². The molecule has 0 bridgehead atoms. The Kier molecular flexibility index (Phi) is 3.14. The van der Waals surface area contributed by atoms with Gasteiger partial charge in [0.1, 0.15) is 5.82 Å². The largest absolute Gasteiger partial charge is 0.384 e. The van der Waals surface area contributed by atoms with Gasteiger partial charge in [-0.05, 0) is 60.9 Å². The minimum absolute atomic E-state index is 0.175. The van der Waals surface area contributed by atoms with E-state index in [0.717, 1.165) is 24.2 Å². The first-order chi connectivity index (χ1) is 9.63. The van der Waals surface area contributed by atoms with E-state index in [2.05, 4.69) is 10.6 Å². The lowest BCUT2D eigenvalue weighted by atomic mass is 10.1. The topological polar surface area (TPSA) is 41.1 Å². The van der Waals surface area contributed by atoms with Gasteiger partial charge in [0.2, 0.25) is 0 Å². The Bertz CT molecular complexity index is 682. The molecule has 0 aromatic heterocycles. The summed E-state index contributed by atoms with van der Waals surface area (Å²) in [5, 5.41) is 6.05. The summed E-state index contributed by atoms with van der Waals surface area (Å²) in [4.78, 5) is 12.2. The van der Waals surface area contributed by atoms with Crippen LogP contribution >= 0.6 is 0 Å². The molecule has 0 spiro atoms. The second-order valence-electron chi connectivity index (χ2n) is 4.97. The van der Waals surface area contributed by atoms with E-state index in [1.807, 2.05) is 12.1 Å². The minimum atomic E-state index is -0.272. The number of nitrogens with one attached hydrogen (secondary N) is 2. The summed E-state index contributed by atoms with van der Waals surface area (Å²) in [5.41, 5.74) is 4.00. The number of halogens is 1. The van der Waals surface area contributed by atoms with E-state index in [4.69, 9.17) is 0 Å². The van der Waals surface area contributed by atoms with Crippen molar-refractivity contribution in [3.63, 3.8) is 0 Å². The molecule has 0 saturated heterocycles. The molecule has 3 rings (SSSR count). The van der Waals surface area contributed by atoms with E-state index in [0.29, 0.717) is 16.8 Å². The van der Waals surface area contributed by atoms with Crippen molar-refractivity contribution < 1.29 is 9.18 Å². The molecule has 0 radical (unpaired) electrons. The van der Waals surface area contributed by atoms with Gasteiger partial charge >= 0.3 is 0 Å². The summed E-state index contributed by atoms with van der Waals surface area (Å²) in [6.07, 6.45) is 0.937. The lowest BCUT2D eigenvalue weighted by Crippen LogP contribution is -2.12. The van der Waals surface area contributed by atoms with Gasteiger partial charge in [0.05, 0.1) is 0 Å². The van der Waals surface area contributed by atoms with Crippen molar-refractivity contribution in [3.05, 3.63) is 58.9 Å². The van der Waals surface area contributed by atoms with Crippen LogP contribution in [0.4, 0.5) is 15.8 Å². The van der Waals surface area contributed by atoms with E-state index in [9.17, 15) is 9.18 Å². The third-order valence-corrected chi connectivity index (χ3v) is 3.49. The molecular formula is C16H15FN2O. The highest BCUT2D eigenvalue weighted by atomic mass is 19.1. The highest BCUT2D eigenvalue weighted by Gasteiger charge is 2.13. The SMILES string of the molecule is Cc1cc(NC(=O)c2ccc3c(c2)CCN3)ccc1F. The van der Waals surface area contributed by atoms with Crippen molar-refractivity contribution in [1.82, 2.24) is 0 Å². The molecular weight excluding hydrogens is 255 g/mol. The van der Waals surface area contributed by atoms with E-state index < -0.39 is 0 Å². The summed E-state index contributed by atoms with van der Waals surface area (Å²) in [6, 6.07) is 10.2. The number of fused-ring (bicyclic) bond motifs is 1. The first-order valence-electron chi connectivity index (χ1n) is 6.58. The van der Waals surface area contributed by atoms with Crippen molar-refractivity contribution in [1.29, 1.82) is 0 Å². The standard InChI is InChI=1S/C16H15FN2O/c1-10-8-13(3-4-14(10)17)19-16(20)12-2-5-15-11(9-12)6-7-18-15/h2-5,8-9,18H,6-7H2,1H3,(H,19,20). The monoisotopic (exact) mass is 270 g/mol. The van der Waals surface area contributed by atoms with Crippen molar-refractivity contribution in [2.45, 2.75) is 13.3 Å². The molecule has 4 heteroatoms. The summed E-state index contributed by atoms with van der Waals surface area (Å²) in [5.74, 6) is -0.447. The van der Waals surface area contributed by atoms with Crippen LogP contribution in [0.15, 0.2) is 36.4 Å². The number of carbonyl (C=O) groups is 1. The van der Waals surface area contributed by atoms with Crippen LogP contribution in [0.3, 0.4) is 0 Å². The zero-order valence-corrected chi connectivity index (χ0v) is 11.2. The van der Waals surface area contributed by atoms with Crippen LogP contribution in [-0.4, -0.2) is 12.5 Å². The molecule has 1 aliphatic rings. The first-order valence-corrected chi connectivity index (χ1v) is 6.58. The molecule has 0 atom stereocenters. The van der Waals surface area contributed by atoms with Gasteiger partial charge in [0, 0.05) is 23.5 Å². The lowest BCUT2D eigenvalue weighted by Gasteiger charge is -2.08. The Hall–Kier alpha value is -2.36. The molecule has 2 N–H and O–H groups in total. The van der Waals surface area contributed by atoms with Crippen molar-refractivity contribution >= 4 is 17.3 Å². The van der Waals surface area contributed by atoms with Gasteiger partial charge in [0.15, 0.2) is 0 Å². The average molecular weight is 270 g/mol. The highest BCUT2D eigenvalue weighted by Crippen LogP contribution is 2.23. The number of anilines is 2. The zero-order chi connectivity index (χ0) is 14.1. The van der Waals surface area contributed by atoms with Crippen LogP contribution in [-0.2, 0) is 6.42 Å². The number of rotatable bonds is 2. The lowest BCUT2D eigenvalue weighted by molar-refractivity contribution is 0.102. The van der Waals surface area contributed by atoms with Crippen molar-refractivity contribution in [3.8, 4) is 0 Å². The van der Waals surface area contributed by atoms with E-state index in [-0.39, 0.29) is 11.7 Å². The fraction of sp³-hybridized carbons (Fsp3) is 0.188. The Morgan fingerprint density at radius 3 is 2.90 bits per heavy atom. The second kappa shape index (κ2) is 4.96. The summed E-state index contributed by atoms with van der Waals surface area (Å²) in [6.45, 7) is 2.59. The summed E-state index contributed by atoms with van der Waals surface area (Å²) >= 11 is 0.